The molecule has 0 spiro atoms. The summed E-state index contributed by atoms with van der Waals surface area (Å²) in [6.07, 6.45) is -2.53. The zero-order valence-electron chi connectivity index (χ0n) is 10.4. The first kappa shape index (κ1) is 13.1. The van der Waals surface area contributed by atoms with Crippen LogP contribution in [0, 0.1) is 0 Å². The van der Waals surface area contributed by atoms with Gasteiger partial charge >= 0.3 is 6.18 Å². The molecule has 7 heteroatoms. The van der Waals surface area contributed by atoms with Crippen LogP contribution in [0.3, 0.4) is 0 Å². The molecule has 0 bridgehead atoms. The predicted octanol–water partition coefficient (Wildman–Crippen LogP) is 2.79. The van der Waals surface area contributed by atoms with Gasteiger partial charge in [-0.1, -0.05) is 12.1 Å². The third-order valence-corrected chi connectivity index (χ3v) is 3.27. The van der Waals surface area contributed by atoms with Crippen LogP contribution in [0.25, 0.3) is 11.4 Å². The Bertz CT molecular complexity index is 632. The number of halogens is 3. The Balaban J connectivity index is 2.07. The highest BCUT2D eigenvalue weighted by Gasteiger charge is 2.32. The number of aromatic nitrogens is 3. The van der Waals surface area contributed by atoms with Crippen LogP contribution >= 0.6 is 0 Å². The van der Waals surface area contributed by atoms with Crippen molar-refractivity contribution in [2.24, 2.45) is 0 Å². The quantitative estimate of drug-likeness (QED) is 0.942. The summed E-state index contributed by atoms with van der Waals surface area (Å²) in [4.78, 5) is 0. The molecular weight excluding hydrogens is 271 g/mol. The molecule has 0 radical (unpaired) electrons. The highest BCUT2D eigenvalue weighted by Crippen LogP contribution is 2.39. The molecule has 4 nitrogen and oxygen atoms in total. The van der Waals surface area contributed by atoms with Crippen LogP contribution in [0.4, 0.5) is 13.2 Å². The van der Waals surface area contributed by atoms with E-state index in [1.807, 2.05) is 0 Å². The maximum Gasteiger partial charge on any atom is 0.416 e. The maximum atomic E-state index is 12.7. The van der Waals surface area contributed by atoms with Crippen molar-refractivity contribution in [2.75, 3.05) is 0 Å². The van der Waals surface area contributed by atoms with Gasteiger partial charge < -0.3 is 9.67 Å². The summed E-state index contributed by atoms with van der Waals surface area (Å²) in [6.45, 7) is -0.275. The summed E-state index contributed by atoms with van der Waals surface area (Å²) in [5.41, 5.74) is -0.357. The van der Waals surface area contributed by atoms with Crippen molar-refractivity contribution in [2.45, 2.75) is 31.7 Å². The third-order valence-electron chi connectivity index (χ3n) is 3.27. The maximum absolute atomic E-state index is 12.7. The SMILES string of the molecule is OCc1nnc(-c2cccc(C(F)(F)F)c2)n1C1CC1. The summed E-state index contributed by atoms with van der Waals surface area (Å²) < 4.78 is 40.0. The van der Waals surface area contributed by atoms with Crippen LogP contribution in [0.2, 0.25) is 0 Å². The van der Waals surface area contributed by atoms with Crippen LogP contribution < -0.4 is 0 Å². The highest BCUT2D eigenvalue weighted by atomic mass is 19.4. The second-order valence-corrected chi connectivity index (χ2v) is 4.78. The van der Waals surface area contributed by atoms with E-state index >= 15 is 0 Å². The van der Waals surface area contributed by atoms with E-state index in [0.717, 1.165) is 25.0 Å². The van der Waals surface area contributed by atoms with Crippen molar-refractivity contribution in [3.05, 3.63) is 35.7 Å². The Morgan fingerprint density at radius 2 is 2.00 bits per heavy atom. The van der Waals surface area contributed by atoms with Gasteiger partial charge in [0.15, 0.2) is 11.6 Å². The molecule has 1 aliphatic rings. The molecule has 2 aromatic rings. The van der Waals surface area contributed by atoms with E-state index in [0.29, 0.717) is 17.2 Å². The van der Waals surface area contributed by atoms with Gasteiger partial charge in [0.25, 0.3) is 0 Å². The van der Waals surface area contributed by atoms with Crippen molar-refractivity contribution >= 4 is 0 Å². The molecular formula is C13H12F3N3O. The number of benzene rings is 1. The average Bonchev–Trinajstić information content (AvgIpc) is 3.17. The lowest BCUT2D eigenvalue weighted by Crippen LogP contribution is -2.06. The molecule has 1 heterocycles. The lowest BCUT2D eigenvalue weighted by Gasteiger charge is -2.10. The van der Waals surface area contributed by atoms with E-state index in [1.165, 1.54) is 6.07 Å². The van der Waals surface area contributed by atoms with Crippen molar-refractivity contribution < 1.29 is 18.3 Å². The molecule has 106 valence electrons. The van der Waals surface area contributed by atoms with Gasteiger partial charge in [-0.3, -0.25) is 0 Å². The van der Waals surface area contributed by atoms with Crippen LogP contribution in [0.5, 0.6) is 0 Å². The van der Waals surface area contributed by atoms with Gasteiger partial charge in [0, 0.05) is 11.6 Å². The van der Waals surface area contributed by atoms with Gasteiger partial charge in [-0.15, -0.1) is 10.2 Å². The van der Waals surface area contributed by atoms with Gasteiger partial charge in [0.1, 0.15) is 6.61 Å². The van der Waals surface area contributed by atoms with Crippen molar-refractivity contribution in [1.82, 2.24) is 14.8 Å². The molecule has 0 aliphatic heterocycles. The fraction of sp³-hybridized carbons (Fsp3) is 0.385. The van der Waals surface area contributed by atoms with Gasteiger partial charge in [0.2, 0.25) is 0 Å². The molecule has 3 rings (SSSR count). The highest BCUT2D eigenvalue weighted by molar-refractivity contribution is 5.57. The standard InChI is InChI=1S/C13H12F3N3O/c14-13(15,16)9-3-1-2-8(6-9)12-18-17-11(7-20)19(12)10-4-5-10/h1-3,6,10,20H,4-5,7H2. The molecule has 1 aromatic heterocycles. The van der Waals surface area contributed by atoms with Crippen molar-refractivity contribution in [3.63, 3.8) is 0 Å². The number of aliphatic hydroxyl groups excluding tert-OH is 1. The Labute approximate surface area is 112 Å². The zero-order chi connectivity index (χ0) is 14.3. The number of alkyl halides is 3. The Morgan fingerprint density at radius 1 is 1.25 bits per heavy atom. The number of rotatable bonds is 3. The van der Waals surface area contributed by atoms with Gasteiger partial charge in [-0.05, 0) is 25.0 Å². The zero-order valence-corrected chi connectivity index (χ0v) is 10.4. The van der Waals surface area contributed by atoms with Crippen LogP contribution in [-0.4, -0.2) is 19.9 Å². The van der Waals surface area contributed by atoms with E-state index < -0.39 is 11.7 Å². The predicted molar refractivity (Wildman–Crippen MR) is 64.7 cm³/mol. The minimum atomic E-state index is -4.39. The number of nitrogens with zero attached hydrogens (tertiary/aromatic N) is 3. The molecule has 1 aromatic carbocycles. The van der Waals surface area contributed by atoms with E-state index in [4.69, 9.17) is 0 Å². The van der Waals surface area contributed by atoms with Crippen molar-refractivity contribution in [3.8, 4) is 11.4 Å². The largest absolute Gasteiger partial charge is 0.416 e. The molecule has 1 N–H and O–H groups in total. The Hall–Kier alpha value is -1.89. The Morgan fingerprint density at radius 3 is 2.60 bits per heavy atom. The van der Waals surface area contributed by atoms with Crippen molar-refractivity contribution in [1.29, 1.82) is 0 Å². The second-order valence-electron chi connectivity index (χ2n) is 4.78. The van der Waals surface area contributed by atoms with Crippen LogP contribution in [0.15, 0.2) is 24.3 Å². The first-order valence-corrected chi connectivity index (χ1v) is 6.23. The van der Waals surface area contributed by atoms with Crippen LogP contribution in [0.1, 0.15) is 30.3 Å². The van der Waals surface area contributed by atoms with E-state index in [1.54, 1.807) is 10.6 Å². The summed E-state index contributed by atoms with van der Waals surface area (Å²) in [5.74, 6) is 0.766. The topological polar surface area (TPSA) is 50.9 Å². The summed E-state index contributed by atoms with van der Waals surface area (Å²) >= 11 is 0. The minimum Gasteiger partial charge on any atom is -0.388 e. The third kappa shape index (κ3) is 2.29. The monoisotopic (exact) mass is 283 g/mol. The van der Waals surface area contributed by atoms with Crippen LogP contribution in [-0.2, 0) is 12.8 Å². The lowest BCUT2D eigenvalue weighted by molar-refractivity contribution is -0.137. The van der Waals surface area contributed by atoms with E-state index in [2.05, 4.69) is 10.2 Å². The minimum absolute atomic E-state index is 0.177. The molecule has 20 heavy (non-hydrogen) atoms. The van der Waals surface area contributed by atoms with E-state index in [9.17, 15) is 18.3 Å². The Kier molecular flexibility index (Phi) is 3.01. The smallest absolute Gasteiger partial charge is 0.388 e. The molecule has 0 saturated heterocycles. The van der Waals surface area contributed by atoms with Gasteiger partial charge in [0.05, 0.1) is 5.56 Å². The second kappa shape index (κ2) is 4.59. The van der Waals surface area contributed by atoms with Gasteiger partial charge in [-0.25, -0.2) is 0 Å². The summed E-state index contributed by atoms with van der Waals surface area (Å²) in [7, 11) is 0. The fourth-order valence-electron chi connectivity index (χ4n) is 2.18. The normalized spacial score (nSPS) is 15.6. The summed E-state index contributed by atoms with van der Waals surface area (Å²) in [6, 6.07) is 5.18. The number of hydrogen-bond donors (Lipinski definition) is 1. The molecule has 0 amide bonds. The molecule has 0 atom stereocenters. The number of hydrogen-bond acceptors (Lipinski definition) is 3. The van der Waals surface area contributed by atoms with E-state index in [-0.39, 0.29) is 12.6 Å². The molecule has 0 unspecified atom stereocenters. The average molecular weight is 283 g/mol. The fourth-order valence-corrected chi connectivity index (χ4v) is 2.18. The summed E-state index contributed by atoms with van der Waals surface area (Å²) in [5, 5.41) is 17.0. The number of aliphatic hydroxyl groups is 1. The lowest BCUT2D eigenvalue weighted by atomic mass is 10.1. The molecule has 1 fully saturated rings. The first-order chi connectivity index (χ1) is 9.50. The first-order valence-electron chi connectivity index (χ1n) is 6.23. The van der Waals surface area contributed by atoms with Gasteiger partial charge in [-0.2, -0.15) is 13.2 Å². The molecule has 1 saturated carbocycles. The molecule has 1 aliphatic carbocycles.